The Morgan fingerprint density at radius 2 is 1.93 bits per heavy atom. The van der Waals surface area contributed by atoms with Crippen LogP contribution in [0.25, 0.3) is 0 Å². The molecule has 0 bridgehead atoms. The van der Waals surface area contributed by atoms with Gasteiger partial charge in [-0.2, -0.15) is 0 Å². The Morgan fingerprint density at radius 1 is 1.40 bits per heavy atom. The van der Waals surface area contributed by atoms with Gasteiger partial charge in [-0.3, -0.25) is 4.79 Å². The van der Waals surface area contributed by atoms with Crippen molar-refractivity contribution in [3.8, 4) is 0 Å². The Bertz CT molecular complexity index is 221. The zero-order chi connectivity index (χ0) is 12.0. The van der Waals surface area contributed by atoms with Crippen LogP contribution in [0.3, 0.4) is 0 Å². The molecule has 15 heavy (non-hydrogen) atoms. The van der Waals surface area contributed by atoms with Crippen LogP contribution >= 0.6 is 0 Å². The van der Waals surface area contributed by atoms with E-state index in [1.54, 1.807) is 0 Å². The van der Waals surface area contributed by atoms with E-state index in [9.17, 15) is 14.7 Å². The number of aldehydes is 1. The minimum Gasteiger partial charge on any atom is -0.394 e. The first kappa shape index (κ1) is 14.0. The summed E-state index contributed by atoms with van der Waals surface area (Å²) in [6, 6.07) is -1.35. The predicted octanol–water partition coefficient (Wildman–Crippen LogP) is -3.24. The molecule has 0 aromatic carbocycles. The van der Waals surface area contributed by atoms with Crippen molar-refractivity contribution in [1.29, 1.82) is 0 Å². The van der Waals surface area contributed by atoms with Crippen LogP contribution in [0.2, 0.25) is 0 Å². The van der Waals surface area contributed by atoms with Gasteiger partial charge in [0.2, 0.25) is 5.91 Å². The summed E-state index contributed by atoms with van der Waals surface area (Å²) in [6.45, 7) is 0.380. The second kappa shape index (κ2) is 6.46. The normalized spacial score (nSPS) is 18.7. The van der Waals surface area contributed by atoms with E-state index in [0.29, 0.717) is 0 Å². The van der Waals surface area contributed by atoms with Crippen molar-refractivity contribution in [2.24, 2.45) is 0 Å². The summed E-state index contributed by atoms with van der Waals surface area (Å²) in [6.07, 6.45) is -4.70. The standard InChI is InChI=1S/C8H15NO6/c1-4(12)9-7(5(13)2-10)8(15)6(14)3-11/h2,5-8,11,13-15H,3H2,1H3,(H,9,12)/t5-,6+,7-,8+/m0/s1. The van der Waals surface area contributed by atoms with Crippen LogP contribution in [0.15, 0.2) is 0 Å². The molecule has 7 nitrogen and oxygen atoms in total. The molecule has 0 aliphatic rings. The zero-order valence-electron chi connectivity index (χ0n) is 8.20. The highest BCUT2D eigenvalue weighted by atomic mass is 16.4. The Balaban J connectivity index is 4.60. The van der Waals surface area contributed by atoms with Gasteiger partial charge in [0.1, 0.15) is 18.3 Å². The summed E-state index contributed by atoms with van der Waals surface area (Å²) in [5.41, 5.74) is 0. The van der Waals surface area contributed by atoms with Gasteiger partial charge in [0.05, 0.1) is 12.6 Å². The molecule has 0 radical (unpaired) electrons. The van der Waals surface area contributed by atoms with Crippen LogP contribution in [-0.2, 0) is 9.59 Å². The maximum Gasteiger partial charge on any atom is 0.217 e. The Morgan fingerprint density at radius 3 is 2.27 bits per heavy atom. The first-order chi connectivity index (χ1) is 6.93. The second-order valence-electron chi connectivity index (χ2n) is 3.09. The SMILES string of the molecule is CC(=O)N[C@H]([C@H](O)[C@H](O)CO)[C@@H](O)C=O. The predicted molar refractivity (Wildman–Crippen MR) is 48.8 cm³/mol. The summed E-state index contributed by atoms with van der Waals surface area (Å²) >= 11 is 0. The monoisotopic (exact) mass is 221 g/mol. The highest BCUT2D eigenvalue weighted by Gasteiger charge is 2.32. The molecule has 0 spiro atoms. The van der Waals surface area contributed by atoms with E-state index in [4.69, 9.17) is 15.3 Å². The fourth-order valence-corrected chi connectivity index (χ4v) is 1.04. The third-order valence-electron chi connectivity index (χ3n) is 1.83. The number of rotatable bonds is 6. The van der Waals surface area contributed by atoms with E-state index in [1.807, 2.05) is 0 Å². The Kier molecular flexibility index (Phi) is 6.02. The van der Waals surface area contributed by atoms with Gasteiger partial charge in [-0.25, -0.2) is 0 Å². The van der Waals surface area contributed by atoms with Crippen molar-refractivity contribution in [1.82, 2.24) is 5.32 Å². The lowest BCUT2D eigenvalue weighted by Crippen LogP contribution is -2.55. The van der Waals surface area contributed by atoms with Crippen molar-refractivity contribution in [2.45, 2.75) is 31.3 Å². The summed E-state index contributed by atoms with van der Waals surface area (Å²) < 4.78 is 0. The maximum absolute atomic E-state index is 10.7. The summed E-state index contributed by atoms with van der Waals surface area (Å²) in [4.78, 5) is 21.0. The van der Waals surface area contributed by atoms with E-state index in [2.05, 4.69) is 5.32 Å². The number of aliphatic hydroxyl groups excluding tert-OH is 4. The molecule has 0 fully saturated rings. The molecular formula is C8H15NO6. The molecule has 88 valence electrons. The van der Waals surface area contributed by atoms with Gasteiger partial charge in [-0.05, 0) is 0 Å². The van der Waals surface area contributed by atoms with E-state index < -0.39 is 36.9 Å². The fourth-order valence-electron chi connectivity index (χ4n) is 1.04. The van der Waals surface area contributed by atoms with Gasteiger partial charge in [0.25, 0.3) is 0 Å². The molecule has 4 atom stereocenters. The lowest BCUT2D eigenvalue weighted by atomic mass is 10.0. The molecule has 0 aromatic rings. The quantitative estimate of drug-likeness (QED) is 0.300. The molecule has 0 aliphatic heterocycles. The number of carbonyl (C=O) groups is 2. The van der Waals surface area contributed by atoms with Crippen molar-refractivity contribution in [3.05, 3.63) is 0 Å². The third kappa shape index (κ3) is 4.34. The van der Waals surface area contributed by atoms with Crippen molar-refractivity contribution < 1.29 is 30.0 Å². The Labute approximate surface area is 86.3 Å². The van der Waals surface area contributed by atoms with Crippen molar-refractivity contribution in [3.63, 3.8) is 0 Å². The van der Waals surface area contributed by atoms with Gasteiger partial charge < -0.3 is 30.5 Å². The number of carbonyl (C=O) groups excluding carboxylic acids is 2. The lowest BCUT2D eigenvalue weighted by Gasteiger charge is -2.27. The molecule has 0 aliphatic carbocycles. The second-order valence-corrected chi connectivity index (χ2v) is 3.09. The number of hydrogen-bond acceptors (Lipinski definition) is 6. The minimum atomic E-state index is -1.65. The van der Waals surface area contributed by atoms with Crippen molar-refractivity contribution >= 4 is 12.2 Å². The summed E-state index contributed by atoms with van der Waals surface area (Å²) in [5.74, 6) is -0.579. The zero-order valence-corrected chi connectivity index (χ0v) is 8.20. The smallest absolute Gasteiger partial charge is 0.217 e. The average molecular weight is 221 g/mol. The molecule has 0 unspecified atom stereocenters. The Hall–Kier alpha value is -1.02. The molecule has 0 heterocycles. The first-order valence-corrected chi connectivity index (χ1v) is 4.31. The highest BCUT2D eigenvalue weighted by Crippen LogP contribution is 2.04. The van der Waals surface area contributed by atoms with Crippen LogP contribution < -0.4 is 5.32 Å². The van der Waals surface area contributed by atoms with E-state index in [1.165, 1.54) is 0 Å². The maximum atomic E-state index is 10.7. The van der Waals surface area contributed by atoms with E-state index in [-0.39, 0.29) is 6.29 Å². The number of aliphatic hydroxyl groups is 4. The van der Waals surface area contributed by atoms with Gasteiger partial charge in [0.15, 0.2) is 6.29 Å². The van der Waals surface area contributed by atoms with Gasteiger partial charge in [-0.1, -0.05) is 0 Å². The molecule has 0 rings (SSSR count). The number of amides is 1. The number of nitrogens with one attached hydrogen (secondary N) is 1. The number of hydrogen-bond donors (Lipinski definition) is 5. The van der Waals surface area contributed by atoms with Crippen LogP contribution in [0.5, 0.6) is 0 Å². The molecule has 0 saturated carbocycles. The third-order valence-corrected chi connectivity index (χ3v) is 1.83. The van der Waals surface area contributed by atoms with E-state index in [0.717, 1.165) is 6.92 Å². The fraction of sp³-hybridized carbons (Fsp3) is 0.750. The summed E-state index contributed by atoms with van der Waals surface area (Å²) in [7, 11) is 0. The van der Waals surface area contributed by atoms with Crippen LogP contribution in [0, 0.1) is 0 Å². The first-order valence-electron chi connectivity index (χ1n) is 4.31. The molecule has 5 N–H and O–H groups in total. The molecular weight excluding hydrogens is 206 g/mol. The minimum absolute atomic E-state index is 0.119. The van der Waals surface area contributed by atoms with Gasteiger partial charge >= 0.3 is 0 Å². The van der Waals surface area contributed by atoms with E-state index >= 15 is 0 Å². The van der Waals surface area contributed by atoms with Crippen LogP contribution in [0.4, 0.5) is 0 Å². The molecule has 0 saturated heterocycles. The van der Waals surface area contributed by atoms with Gasteiger partial charge in [-0.15, -0.1) is 0 Å². The van der Waals surface area contributed by atoms with Gasteiger partial charge in [0, 0.05) is 6.92 Å². The topological polar surface area (TPSA) is 127 Å². The largest absolute Gasteiger partial charge is 0.394 e. The molecule has 0 aromatic heterocycles. The summed E-state index contributed by atoms with van der Waals surface area (Å²) in [5, 5.41) is 38.3. The van der Waals surface area contributed by atoms with Crippen LogP contribution in [0.1, 0.15) is 6.92 Å². The lowest BCUT2D eigenvalue weighted by molar-refractivity contribution is -0.128. The average Bonchev–Trinajstić information content (AvgIpc) is 2.22. The molecule has 1 amide bonds. The van der Waals surface area contributed by atoms with Crippen molar-refractivity contribution in [2.75, 3.05) is 6.61 Å². The highest BCUT2D eigenvalue weighted by molar-refractivity contribution is 5.74. The molecule has 7 heteroatoms. The van der Waals surface area contributed by atoms with Crippen LogP contribution in [-0.4, -0.2) is 63.6 Å².